The van der Waals surface area contributed by atoms with Crippen molar-refractivity contribution in [2.24, 2.45) is 0 Å². The highest BCUT2D eigenvalue weighted by molar-refractivity contribution is 7.15. The standard InChI is InChI=1S/C13H14N2O3S2/c1-3-8(12-14-6-7(2)19-12)15-11(16)9-4-5-10(20-9)13(17)18/h4-6,8H,3H2,1-2H3,(H,15,16)(H,17,18). The molecule has 2 heterocycles. The molecule has 2 rings (SSSR count). The van der Waals surface area contributed by atoms with Crippen LogP contribution in [0.3, 0.4) is 0 Å². The van der Waals surface area contributed by atoms with Gasteiger partial charge in [-0.1, -0.05) is 6.92 Å². The molecular weight excluding hydrogens is 296 g/mol. The Morgan fingerprint density at radius 2 is 2.05 bits per heavy atom. The van der Waals surface area contributed by atoms with Crippen molar-refractivity contribution >= 4 is 34.6 Å². The number of carboxylic acids is 1. The van der Waals surface area contributed by atoms with E-state index in [1.165, 1.54) is 12.1 Å². The summed E-state index contributed by atoms with van der Waals surface area (Å²) in [6.45, 7) is 3.94. The molecule has 0 aliphatic carbocycles. The summed E-state index contributed by atoms with van der Waals surface area (Å²) in [4.78, 5) is 28.9. The van der Waals surface area contributed by atoms with Crippen molar-refractivity contribution in [3.63, 3.8) is 0 Å². The van der Waals surface area contributed by atoms with E-state index in [1.54, 1.807) is 17.5 Å². The smallest absolute Gasteiger partial charge is 0.345 e. The number of thiophene rings is 1. The Kier molecular flexibility index (Phi) is 4.51. The molecule has 0 aromatic carbocycles. The molecular formula is C13H14N2O3S2. The number of carbonyl (C=O) groups is 2. The van der Waals surface area contributed by atoms with Crippen molar-refractivity contribution in [2.45, 2.75) is 26.3 Å². The number of rotatable bonds is 5. The Bertz CT molecular complexity index is 633. The van der Waals surface area contributed by atoms with Gasteiger partial charge in [0.1, 0.15) is 9.88 Å². The normalized spacial score (nSPS) is 12.1. The van der Waals surface area contributed by atoms with E-state index in [0.717, 1.165) is 27.6 Å². The summed E-state index contributed by atoms with van der Waals surface area (Å²) in [7, 11) is 0. The molecule has 106 valence electrons. The Morgan fingerprint density at radius 1 is 1.35 bits per heavy atom. The van der Waals surface area contributed by atoms with Gasteiger partial charge in [0.05, 0.1) is 10.9 Å². The van der Waals surface area contributed by atoms with Gasteiger partial charge >= 0.3 is 5.97 Å². The lowest BCUT2D eigenvalue weighted by Gasteiger charge is -2.13. The molecule has 0 bridgehead atoms. The molecule has 1 amide bonds. The summed E-state index contributed by atoms with van der Waals surface area (Å²) in [5.74, 6) is -1.28. The van der Waals surface area contributed by atoms with Gasteiger partial charge in [-0.05, 0) is 25.5 Å². The van der Waals surface area contributed by atoms with Gasteiger partial charge in [0.2, 0.25) is 0 Å². The van der Waals surface area contributed by atoms with E-state index in [9.17, 15) is 9.59 Å². The van der Waals surface area contributed by atoms with Crippen LogP contribution in [0.2, 0.25) is 0 Å². The maximum Gasteiger partial charge on any atom is 0.345 e. The van der Waals surface area contributed by atoms with Gasteiger partial charge in [0.25, 0.3) is 5.91 Å². The summed E-state index contributed by atoms with van der Waals surface area (Å²) < 4.78 is 0. The van der Waals surface area contributed by atoms with E-state index in [2.05, 4.69) is 10.3 Å². The topological polar surface area (TPSA) is 79.3 Å². The molecule has 5 nitrogen and oxygen atoms in total. The minimum atomic E-state index is -1.02. The minimum absolute atomic E-state index is 0.142. The number of carbonyl (C=O) groups excluding carboxylic acids is 1. The first-order valence-electron chi connectivity index (χ1n) is 6.07. The lowest BCUT2D eigenvalue weighted by Crippen LogP contribution is -2.27. The SMILES string of the molecule is CCC(NC(=O)c1ccc(C(=O)O)s1)c1ncc(C)s1. The zero-order chi connectivity index (χ0) is 14.7. The van der Waals surface area contributed by atoms with Crippen molar-refractivity contribution in [1.29, 1.82) is 0 Å². The van der Waals surface area contributed by atoms with Crippen LogP contribution >= 0.6 is 22.7 Å². The second-order valence-electron chi connectivity index (χ2n) is 4.21. The number of carboxylic acid groups (broad SMARTS) is 1. The highest BCUT2D eigenvalue weighted by atomic mass is 32.1. The van der Waals surface area contributed by atoms with Gasteiger partial charge in [-0.3, -0.25) is 4.79 Å². The van der Waals surface area contributed by atoms with Gasteiger partial charge in [0, 0.05) is 11.1 Å². The largest absolute Gasteiger partial charge is 0.477 e. The maximum atomic E-state index is 12.1. The molecule has 2 N–H and O–H groups in total. The maximum absolute atomic E-state index is 12.1. The van der Waals surface area contributed by atoms with Gasteiger partial charge in [-0.25, -0.2) is 9.78 Å². The average Bonchev–Trinajstić information content (AvgIpc) is 3.04. The third kappa shape index (κ3) is 3.23. The van der Waals surface area contributed by atoms with Crippen molar-refractivity contribution in [3.8, 4) is 0 Å². The molecule has 2 aromatic heterocycles. The van der Waals surface area contributed by atoms with Crippen LogP contribution in [0.5, 0.6) is 0 Å². The van der Waals surface area contributed by atoms with Gasteiger partial charge < -0.3 is 10.4 Å². The van der Waals surface area contributed by atoms with E-state index < -0.39 is 5.97 Å². The third-order valence-electron chi connectivity index (χ3n) is 2.69. The van der Waals surface area contributed by atoms with Crippen LogP contribution < -0.4 is 5.32 Å². The fraction of sp³-hybridized carbons (Fsp3) is 0.308. The van der Waals surface area contributed by atoms with E-state index in [-0.39, 0.29) is 16.8 Å². The van der Waals surface area contributed by atoms with Crippen molar-refractivity contribution in [1.82, 2.24) is 10.3 Å². The molecule has 0 fully saturated rings. The van der Waals surface area contributed by atoms with Crippen LogP contribution in [0.25, 0.3) is 0 Å². The number of thiazole rings is 1. The monoisotopic (exact) mass is 310 g/mol. The lowest BCUT2D eigenvalue weighted by atomic mass is 10.2. The third-order valence-corrected chi connectivity index (χ3v) is 4.79. The van der Waals surface area contributed by atoms with E-state index in [1.807, 2.05) is 13.8 Å². The van der Waals surface area contributed by atoms with Gasteiger partial charge in [0.15, 0.2) is 0 Å². The summed E-state index contributed by atoms with van der Waals surface area (Å²) >= 11 is 2.52. The number of amides is 1. The quantitative estimate of drug-likeness (QED) is 0.889. The molecule has 2 aromatic rings. The molecule has 0 saturated carbocycles. The number of hydrogen-bond acceptors (Lipinski definition) is 5. The summed E-state index contributed by atoms with van der Waals surface area (Å²) in [5.41, 5.74) is 0. The first-order chi connectivity index (χ1) is 9.51. The van der Waals surface area contributed by atoms with E-state index in [0.29, 0.717) is 4.88 Å². The molecule has 0 aliphatic rings. The highest BCUT2D eigenvalue weighted by Gasteiger charge is 2.19. The molecule has 1 unspecified atom stereocenters. The van der Waals surface area contributed by atoms with Gasteiger partial charge in [-0.15, -0.1) is 22.7 Å². The van der Waals surface area contributed by atoms with Crippen LogP contribution in [-0.2, 0) is 0 Å². The predicted octanol–water partition coefficient (Wildman–Crippen LogP) is 3.09. The Morgan fingerprint density at radius 3 is 2.55 bits per heavy atom. The van der Waals surface area contributed by atoms with Crippen LogP contribution in [0, 0.1) is 6.92 Å². The fourth-order valence-electron chi connectivity index (χ4n) is 1.68. The summed E-state index contributed by atoms with van der Waals surface area (Å²) in [6, 6.07) is 2.83. The first-order valence-corrected chi connectivity index (χ1v) is 7.71. The number of aromatic nitrogens is 1. The summed E-state index contributed by atoms with van der Waals surface area (Å²) in [5, 5.41) is 12.6. The number of nitrogens with zero attached hydrogens (tertiary/aromatic N) is 1. The second kappa shape index (κ2) is 6.15. The summed E-state index contributed by atoms with van der Waals surface area (Å²) in [6.07, 6.45) is 2.51. The molecule has 0 spiro atoms. The van der Waals surface area contributed by atoms with E-state index >= 15 is 0 Å². The highest BCUT2D eigenvalue weighted by Crippen LogP contribution is 2.23. The predicted molar refractivity (Wildman–Crippen MR) is 78.6 cm³/mol. The molecule has 1 atom stereocenters. The number of hydrogen-bond donors (Lipinski definition) is 2. The molecule has 0 radical (unpaired) electrons. The average molecular weight is 310 g/mol. The first kappa shape index (κ1) is 14.7. The van der Waals surface area contributed by atoms with Crippen LogP contribution in [0.1, 0.15) is 48.6 Å². The Labute approximate surface area is 124 Å². The Balaban J connectivity index is 2.10. The van der Waals surface area contributed by atoms with Crippen LogP contribution in [-0.4, -0.2) is 22.0 Å². The van der Waals surface area contributed by atoms with Crippen molar-refractivity contribution in [2.75, 3.05) is 0 Å². The molecule has 7 heteroatoms. The van der Waals surface area contributed by atoms with Crippen molar-refractivity contribution in [3.05, 3.63) is 38.0 Å². The minimum Gasteiger partial charge on any atom is -0.477 e. The number of aryl methyl sites for hydroxylation is 1. The van der Waals surface area contributed by atoms with Crippen molar-refractivity contribution < 1.29 is 14.7 Å². The zero-order valence-electron chi connectivity index (χ0n) is 11.0. The number of aromatic carboxylic acids is 1. The zero-order valence-corrected chi connectivity index (χ0v) is 12.7. The second-order valence-corrected chi connectivity index (χ2v) is 6.56. The molecule has 20 heavy (non-hydrogen) atoms. The van der Waals surface area contributed by atoms with E-state index in [4.69, 9.17) is 5.11 Å². The van der Waals surface area contributed by atoms with Gasteiger partial charge in [-0.2, -0.15) is 0 Å². The molecule has 0 saturated heterocycles. The Hall–Kier alpha value is -1.73. The van der Waals surface area contributed by atoms with Crippen LogP contribution in [0.4, 0.5) is 0 Å². The number of nitrogens with one attached hydrogen (secondary N) is 1. The lowest BCUT2D eigenvalue weighted by molar-refractivity contribution is 0.0702. The molecule has 0 aliphatic heterocycles. The van der Waals surface area contributed by atoms with Crippen LogP contribution in [0.15, 0.2) is 18.3 Å². The fourth-order valence-corrected chi connectivity index (χ4v) is 3.33.